The molecule has 16 atom stereocenters. The minimum atomic E-state index is -0.458. The van der Waals surface area contributed by atoms with Crippen LogP contribution in [0, 0.1) is 105 Å². The van der Waals surface area contributed by atoms with E-state index in [0.29, 0.717) is 52.3 Å². The Morgan fingerprint density at radius 3 is 1.60 bits per heavy atom. The van der Waals surface area contributed by atoms with Crippen molar-refractivity contribution < 1.29 is 19.8 Å². The number of ketones is 2. The molecule has 0 aliphatic heterocycles. The van der Waals surface area contributed by atoms with Crippen LogP contribution in [0.3, 0.4) is 0 Å². The molecule has 63 heavy (non-hydrogen) atoms. The Labute approximate surface area is 387 Å². The second-order valence-electron chi connectivity index (χ2n) is 22.4. The van der Waals surface area contributed by atoms with Gasteiger partial charge in [0.25, 0.3) is 0 Å². The van der Waals surface area contributed by atoms with Crippen molar-refractivity contribution in [1.29, 1.82) is 10.5 Å². The van der Waals surface area contributed by atoms with E-state index in [1.165, 1.54) is 83.0 Å². The van der Waals surface area contributed by atoms with Crippen LogP contribution in [-0.2, 0) is 16.1 Å². The lowest BCUT2D eigenvalue weighted by Crippen LogP contribution is -2.51. The maximum absolute atomic E-state index is 13.3. The van der Waals surface area contributed by atoms with Crippen LogP contribution in [-0.4, -0.2) is 58.3 Å². The predicted molar refractivity (Wildman–Crippen MR) is 250 cm³/mol. The Morgan fingerprint density at radius 1 is 0.683 bits per heavy atom. The zero-order valence-electron chi connectivity index (χ0n) is 37.2. The lowest BCUT2D eigenvalue weighted by molar-refractivity contribution is -0.133. The number of aromatic amines is 1. The molecule has 0 bridgehead atoms. The number of Topliss-reactive ketones (excluding diaryl/α,β-unsaturated/α-hetero) is 2. The van der Waals surface area contributed by atoms with E-state index >= 15 is 0 Å². The number of aromatic nitrogens is 4. The first-order chi connectivity index (χ1) is 29.1. The fourth-order valence-electron chi connectivity index (χ4n) is 16.4. The highest BCUT2D eigenvalue weighted by atomic mass is 79.9. The van der Waals surface area contributed by atoms with Crippen molar-refractivity contribution in [3.63, 3.8) is 0 Å². The standard InChI is InChI=1S/C25H35N3O2.C21H33BrO2.C4H3N3.2CH4/c1-24(30)9-7-18-17(11-24)3-4-20-19(18)8-10-25(2)21(20)5-6-22(25)23(29)15-28-14-16(12-26)13-27-28;1-20(24)9-7-14-13(11-20)3-4-16-15(14)8-10-21(2)17(16)5-6-18(21)19(23)12-22;5-1-4-2-6-7-3-4;;/h13-14,17-22,30H,3-11,15H2,1-2H3;13-18,24H,3-12H2,1-2H3;2-3H,(H,6,7);2*1H4/t17-,18+,19-,20-,21+,22-,24-,25+;13-,14+,15-,16-,17+,18-,20-,21+;;;/m11.../s1. The van der Waals surface area contributed by atoms with Crippen LogP contribution >= 0.6 is 15.9 Å². The molecule has 0 saturated heterocycles. The molecule has 8 aliphatic rings. The van der Waals surface area contributed by atoms with Gasteiger partial charge in [-0.3, -0.25) is 19.4 Å². The molecule has 0 radical (unpaired) electrons. The molecular formula is C52H79BrN6O4. The molecule has 2 heterocycles. The Kier molecular flexibility index (Phi) is 15.4. The second kappa shape index (κ2) is 19.5. The normalized spacial score (nSPS) is 42.9. The summed E-state index contributed by atoms with van der Waals surface area (Å²) in [6.07, 6.45) is 27.4. The third kappa shape index (κ3) is 9.69. The van der Waals surface area contributed by atoms with Crippen LogP contribution in [0.2, 0.25) is 0 Å². The third-order valence-electron chi connectivity index (χ3n) is 19.1. The minimum Gasteiger partial charge on any atom is -0.390 e. The van der Waals surface area contributed by atoms with E-state index in [1.807, 2.05) is 19.9 Å². The smallest absolute Gasteiger partial charge is 0.157 e. The molecule has 3 N–H and O–H groups in total. The lowest BCUT2D eigenvalue weighted by atomic mass is 9.49. The summed E-state index contributed by atoms with van der Waals surface area (Å²) >= 11 is 3.42. The van der Waals surface area contributed by atoms with E-state index in [-0.39, 0.29) is 31.6 Å². The number of hydrogen-bond donors (Lipinski definition) is 3. The predicted octanol–water partition coefficient (Wildman–Crippen LogP) is 10.9. The number of carbonyl (C=O) groups is 2. The van der Waals surface area contributed by atoms with Gasteiger partial charge in [0.15, 0.2) is 5.78 Å². The van der Waals surface area contributed by atoms with Crippen molar-refractivity contribution in [2.75, 3.05) is 5.33 Å². The summed E-state index contributed by atoms with van der Waals surface area (Å²) in [6, 6.07) is 4.00. The fourth-order valence-corrected chi connectivity index (χ4v) is 16.8. The van der Waals surface area contributed by atoms with Gasteiger partial charge in [-0.15, -0.1) is 0 Å². The SMILES string of the molecule is C.C.C[C@@]1(O)CC[C@H]2[C@H](CC[C@@H]3[C@@H]2CC[C@]2(C)[C@@H](C(=O)CBr)CC[C@@H]32)C1.C[C@@]1(O)CC[C@H]2[C@H](CC[C@@H]3[C@@H]2CC[C@]2(C)[C@@H](C(=O)Cn4cc(C#N)cn4)CC[C@@H]32)C1.N#Cc1cn[nH]c1. The third-order valence-corrected chi connectivity index (χ3v) is 19.6. The highest BCUT2D eigenvalue weighted by Gasteiger charge is 2.60. The molecule has 8 saturated carbocycles. The van der Waals surface area contributed by atoms with Gasteiger partial charge < -0.3 is 10.2 Å². The van der Waals surface area contributed by atoms with E-state index in [4.69, 9.17) is 10.5 Å². The van der Waals surface area contributed by atoms with Gasteiger partial charge in [0.1, 0.15) is 17.9 Å². The number of hydrogen-bond acceptors (Lipinski definition) is 8. The summed E-state index contributed by atoms with van der Waals surface area (Å²) in [4.78, 5) is 25.7. The number of nitrogens with zero attached hydrogens (tertiary/aromatic N) is 5. The van der Waals surface area contributed by atoms with Crippen molar-refractivity contribution in [2.24, 2.45) is 81.8 Å². The van der Waals surface area contributed by atoms with Crippen LogP contribution < -0.4 is 0 Å². The Bertz CT molecular complexity index is 1970. The minimum absolute atomic E-state index is 0. The molecular weight excluding hydrogens is 853 g/mol. The van der Waals surface area contributed by atoms with Crippen LogP contribution in [0.5, 0.6) is 0 Å². The number of carbonyl (C=O) groups excluding carboxylic acids is 2. The first kappa shape index (κ1) is 49.6. The number of alkyl halides is 1. The summed E-state index contributed by atoms with van der Waals surface area (Å²) in [6.45, 7) is 9.19. The van der Waals surface area contributed by atoms with Crippen LogP contribution in [0.15, 0.2) is 24.8 Å². The molecule has 10 nitrogen and oxygen atoms in total. The zero-order chi connectivity index (χ0) is 43.3. The lowest BCUT2D eigenvalue weighted by Gasteiger charge is -2.56. The van der Waals surface area contributed by atoms with Gasteiger partial charge in [0.05, 0.1) is 46.6 Å². The molecule has 8 aliphatic carbocycles. The number of nitriles is 2. The first-order valence-corrected chi connectivity index (χ1v) is 25.1. The number of H-pyrrole nitrogens is 1. The highest BCUT2D eigenvalue weighted by Crippen LogP contribution is 2.66. The van der Waals surface area contributed by atoms with Gasteiger partial charge in [0, 0.05) is 24.2 Å². The maximum Gasteiger partial charge on any atom is 0.157 e. The summed E-state index contributed by atoms with van der Waals surface area (Å²) in [5.41, 5.74) is 0.593. The molecule has 2 aromatic heterocycles. The molecule has 11 heteroatoms. The van der Waals surface area contributed by atoms with Crippen molar-refractivity contribution in [3.8, 4) is 12.1 Å². The van der Waals surface area contributed by atoms with Crippen LogP contribution in [0.25, 0.3) is 0 Å². The summed E-state index contributed by atoms with van der Waals surface area (Å²) in [7, 11) is 0. The van der Waals surface area contributed by atoms with Gasteiger partial charge in [0.2, 0.25) is 0 Å². The van der Waals surface area contributed by atoms with Crippen LogP contribution in [0.4, 0.5) is 0 Å². The molecule has 0 aromatic carbocycles. The highest BCUT2D eigenvalue weighted by molar-refractivity contribution is 9.09. The number of halogens is 1. The van der Waals surface area contributed by atoms with Crippen LogP contribution in [0.1, 0.15) is 169 Å². The second-order valence-corrected chi connectivity index (χ2v) is 23.0. The number of fused-ring (bicyclic) bond motifs is 10. The Morgan fingerprint density at radius 2 is 1.17 bits per heavy atom. The van der Waals surface area contributed by atoms with E-state index in [2.05, 4.69) is 51.1 Å². The maximum atomic E-state index is 13.3. The largest absolute Gasteiger partial charge is 0.390 e. The van der Waals surface area contributed by atoms with Crippen molar-refractivity contribution in [3.05, 3.63) is 35.9 Å². The molecule has 8 fully saturated rings. The fraction of sp³-hybridized carbons (Fsp3) is 0.808. The van der Waals surface area contributed by atoms with Gasteiger partial charge in [-0.1, -0.05) is 44.6 Å². The zero-order valence-corrected chi connectivity index (χ0v) is 38.8. The summed E-state index contributed by atoms with van der Waals surface area (Å²) in [5.74, 6) is 8.98. The van der Waals surface area contributed by atoms with E-state index in [1.54, 1.807) is 17.1 Å². The number of nitrogens with one attached hydrogen (secondary N) is 1. The summed E-state index contributed by atoms with van der Waals surface area (Å²) < 4.78 is 1.64. The van der Waals surface area contributed by atoms with Gasteiger partial charge in [-0.05, 0) is 199 Å². The molecule has 10 rings (SSSR count). The molecule has 0 amide bonds. The molecule has 0 unspecified atom stereocenters. The summed E-state index contributed by atoms with van der Waals surface area (Å²) in [5, 5.41) is 49.0. The number of rotatable bonds is 5. The van der Waals surface area contributed by atoms with E-state index in [0.717, 1.165) is 92.3 Å². The monoisotopic (exact) mass is 931 g/mol. The average molecular weight is 932 g/mol. The molecule has 348 valence electrons. The van der Waals surface area contributed by atoms with Crippen molar-refractivity contribution >= 4 is 27.5 Å². The van der Waals surface area contributed by atoms with E-state index < -0.39 is 11.2 Å². The average Bonchev–Trinajstić information content (AvgIpc) is 4.06. The van der Waals surface area contributed by atoms with Gasteiger partial charge >= 0.3 is 0 Å². The van der Waals surface area contributed by atoms with Crippen molar-refractivity contribution in [2.45, 2.75) is 176 Å². The van der Waals surface area contributed by atoms with Crippen molar-refractivity contribution in [1.82, 2.24) is 20.0 Å². The molecule has 0 spiro atoms. The van der Waals surface area contributed by atoms with Gasteiger partial charge in [-0.25, -0.2) is 0 Å². The number of aliphatic hydroxyl groups is 2. The van der Waals surface area contributed by atoms with Gasteiger partial charge in [-0.2, -0.15) is 20.7 Å². The quantitative estimate of drug-likeness (QED) is 0.249. The first-order valence-electron chi connectivity index (χ1n) is 24.0. The Hall–Kier alpha value is -2.86. The topological polar surface area (TPSA) is 169 Å². The van der Waals surface area contributed by atoms with E-state index in [9.17, 15) is 19.8 Å². The Balaban J connectivity index is 0.000000179. The molecule has 2 aromatic rings.